The van der Waals surface area contributed by atoms with Gasteiger partial charge in [-0.05, 0) is 36.5 Å². The summed E-state index contributed by atoms with van der Waals surface area (Å²) in [6, 6.07) is 6.33. The van der Waals surface area contributed by atoms with Gasteiger partial charge in [-0.1, -0.05) is 11.2 Å². The Balaban J connectivity index is 1.70. The van der Waals surface area contributed by atoms with Gasteiger partial charge in [0.1, 0.15) is 23.2 Å². The number of carboxylic acids is 1. The monoisotopic (exact) mass is 401 g/mol. The van der Waals surface area contributed by atoms with Gasteiger partial charge in [0.25, 0.3) is 0 Å². The fourth-order valence-corrected chi connectivity index (χ4v) is 3.08. The number of nitrogens with zero attached hydrogens (tertiary/aromatic N) is 3. The molecule has 2 heterocycles. The Kier molecular flexibility index (Phi) is 6.20. The number of aromatic hydroxyl groups is 1. The number of pyridine rings is 1. The predicted molar refractivity (Wildman–Crippen MR) is 102 cm³/mol. The van der Waals surface area contributed by atoms with Crippen molar-refractivity contribution in [2.75, 3.05) is 13.1 Å². The van der Waals surface area contributed by atoms with Crippen molar-refractivity contribution in [2.24, 2.45) is 5.16 Å². The van der Waals surface area contributed by atoms with Crippen LogP contribution in [0.5, 0.6) is 11.5 Å². The van der Waals surface area contributed by atoms with Gasteiger partial charge < -0.3 is 35.1 Å². The SMILES string of the molecule is O=C(O)c1c(OC2CN(C(=NO)c3ccncc3)C2)ccc(CCB(O)O)c1O. The summed E-state index contributed by atoms with van der Waals surface area (Å²) in [5, 5.41) is 50.3. The first-order chi connectivity index (χ1) is 13.9. The minimum absolute atomic E-state index is 0.0133. The number of hydrogen-bond acceptors (Lipinski definition) is 8. The highest BCUT2D eigenvalue weighted by atomic mass is 16.5. The molecule has 0 bridgehead atoms. The van der Waals surface area contributed by atoms with Crippen molar-refractivity contribution < 1.29 is 35.0 Å². The highest BCUT2D eigenvalue weighted by molar-refractivity contribution is 6.41. The third kappa shape index (κ3) is 4.58. The van der Waals surface area contributed by atoms with Crippen LogP contribution in [-0.2, 0) is 6.42 Å². The summed E-state index contributed by atoms with van der Waals surface area (Å²) >= 11 is 0. The second-order valence-corrected chi connectivity index (χ2v) is 6.58. The Morgan fingerprint density at radius 1 is 1.24 bits per heavy atom. The summed E-state index contributed by atoms with van der Waals surface area (Å²) < 4.78 is 5.73. The number of aromatic nitrogens is 1. The first kappa shape index (κ1) is 20.4. The minimum Gasteiger partial charge on any atom is -0.507 e. The molecule has 3 rings (SSSR count). The van der Waals surface area contributed by atoms with Gasteiger partial charge >= 0.3 is 13.1 Å². The first-order valence-electron chi connectivity index (χ1n) is 8.89. The van der Waals surface area contributed by atoms with Crippen molar-refractivity contribution in [1.29, 1.82) is 0 Å². The van der Waals surface area contributed by atoms with Gasteiger partial charge in [-0.2, -0.15) is 0 Å². The molecule has 2 aromatic rings. The number of likely N-dealkylation sites (tertiary alicyclic amines) is 1. The van der Waals surface area contributed by atoms with Gasteiger partial charge in [0.05, 0.1) is 13.1 Å². The maximum atomic E-state index is 11.6. The lowest BCUT2D eigenvalue weighted by atomic mass is 9.82. The van der Waals surface area contributed by atoms with Crippen LogP contribution in [0.1, 0.15) is 21.5 Å². The molecule has 5 N–H and O–H groups in total. The zero-order valence-electron chi connectivity index (χ0n) is 15.3. The highest BCUT2D eigenvalue weighted by Crippen LogP contribution is 2.34. The molecule has 0 aliphatic carbocycles. The van der Waals surface area contributed by atoms with Crippen LogP contribution in [0.3, 0.4) is 0 Å². The number of aromatic carboxylic acids is 1. The summed E-state index contributed by atoms with van der Waals surface area (Å²) in [7, 11) is -1.55. The van der Waals surface area contributed by atoms with E-state index in [1.54, 1.807) is 29.4 Å². The zero-order valence-corrected chi connectivity index (χ0v) is 15.3. The van der Waals surface area contributed by atoms with Gasteiger partial charge in [0.2, 0.25) is 0 Å². The summed E-state index contributed by atoms with van der Waals surface area (Å²) in [5.74, 6) is -1.44. The Morgan fingerprint density at radius 2 is 1.93 bits per heavy atom. The van der Waals surface area contributed by atoms with Gasteiger partial charge in [0.15, 0.2) is 5.84 Å². The molecule has 0 amide bonds. The van der Waals surface area contributed by atoms with E-state index in [1.165, 1.54) is 12.1 Å². The summed E-state index contributed by atoms with van der Waals surface area (Å²) in [6.07, 6.45) is 2.85. The third-order valence-electron chi connectivity index (χ3n) is 4.58. The fourth-order valence-electron chi connectivity index (χ4n) is 3.08. The molecule has 1 aromatic heterocycles. The van der Waals surface area contributed by atoms with E-state index in [-0.39, 0.29) is 35.7 Å². The Labute approximate surface area is 166 Å². The van der Waals surface area contributed by atoms with E-state index in [0.717, 1.165) is 0 Å². The molecule has 152 valence electrons. The Hall–Kier alpha value is -3.31. The van der Waals surface area contributed by atoms with Crippen LogP contribution in [0.15, 0.2) is 41.8 Å². The average Bonchev–Trinajstić information content (AvgIpc) is 2.66. The topological polar surface area (TPSA) is 156 Å². The van der Waals surface area contributed by atoms with E-state index < -0.39 is 18.8 Å². The van der Waals surface area contributed by atoms with Crippen LogP contribution in [0, 0.1) is 0 Å². The quantitative estimate of drug-likeness (QED) is 0.146. The second-order valence-electron chi connectivity index (χ2n) is 6.58. The lowest BCUT2D eigenvalue weighted by Gasteiger charge is -2.40. The number of aryl methyl sites for hydroxylation is 1. The van der Waals surface area contributed by atoms with E-state index >= 15 is 0 Å². The van der Waals surface area contributed by atoms with Gasteiger partial charge in [0, 0.05) is 18.0 Å². The first-order valence-corrected chi connectivity index (χ1v) is 8.89. The van der Waals surface area contributed by atoms with Crippen molar-refractivity contribution >= 4 is 18.9 Å². The van der Waals surface area contributed by atoms with Gasteiger partial charge in [-0.3, -0.25) is 4.98 Å². The molecule has 10 nitrogen and oxygen atoms in total. The van der Waals surface area contributed by atoms with Crippen molar-refractivity contribution in [2.45, 2.75) is 18.8 Å². The summed E-state index contributed by atoms with van der Waals surface area (Å²) in [5.41, 5.74) is 0.587. The minimum atomic E-state index is -1.55. The third-order valence-corrected chi connectivity index (χ3v) is 4.58. The molecular formula is C18H20BN3O7. The number of amidine groups is 1. The molecule has 1 saturated heterocycles. The Bertz CT molecular complexity index is 902. The van der Waals surface area contributed by atoms with Crippen molar-refractivity contribution in [1.82, 2.24) is 9.88 Å². The molecule has 0 saturated carbocycles. The molecule has 0 atom stereocenters. The fraction of sp³-hybridized carbons (Fsp3) is 0.278. The normalized spacial score (nSPS) is 14.4. The van der Waals surface area contributed by atoms with Crippen molar-refractivity contribution in [3.05, 3.63) is 53.3 Å². The van der Waals surface area contributed by atoms with Crippen LogP contribution < -0.4 is 4.74 Å². The number of oxime groups is 1. The van der Waals surface area contributed by atoms with Crippen LogP contribution >= 0.6 is 0 Å². The molecule has 0 unspecified atom stereocenters. The number of hydrogen-bond donors (Lipinski definition) is 5. The number of ether oxygens (including phenoxy) is 1. The maximum absolute atomic E-state index is 11.6. The lowest BCUT2D eigenvalue weighted by Crippen LogP contribution is -2.56. The molecule has 1 aliphatic heterocycles. The number of rotatable bonds is 7. The number of carboxylic acid groups (broad SMARTS) is 1. The number of carbonyl (C=O) groups is 1. The Morgan fingerprint density at radius 3 is 2.52 bits per heavy atom. The van der Waals surface area contributed by atoms with Crippen LogP contribution in [0.4, 0.5) is 0 Å². The van der Waals surface area contributed by atoms with Gasteiger partial charge in [-0.15, -0.1) is 0 Å². The highest BCUT2D eigenvalue weighted by Gasteiger charge is 2.33. The van der Waals surface area contributed by atoms with E-state index in [9.17, 15) is 20.2 Å². The predicted octanol–water partition coefficient (Wildman–Crippen LogP) is 0.400. The smallest absolute Gasteiger partial charge is 0.451 e. The van der Waals surface area contributed by atoms with Crippen LogP contribution in [0.25, 0.3) is 0 Å². The molecule has 1 fully saturated rings. The zero-order chi connectivity index (χ0) is 21.0. The van der Waals surface area contributed by atoms with Gasteiger partial charge in [-0.25, -0.2) is 4.79 Å². The molecule has 0 spiro atoms. The van der Waals surface area contributed by atoms with Crippen molar-refractivity contribution in [3.8, 4) is 11.5 Å². The van der Waals surface area contributed by atoms with E-state index in [2.05, 4.69) is 10.1 Å². The molecule has 11 heteroatoms. The summed E-state index contributed by atoms with van der Waals surface area (Å²) in [6.45, 7) is 0.722. The summed E-state index contributed by atoms with van der Waals surface area (Å²) in [4.78, 5) is 17.3. The van der Waals surface area contributed by atoms with Crippen LogP contribution in [0.2, 0.25) is 6.32 Å². The molecular weight excluding hydrogens is 381 g/mol. The van der Waals surface area contributed by atoms with Crippen LogP contribution in [-0.4, -0.2) is 73.5 Å². The number of phenols is 1. The van der Waals surface area contributed by atoms with E-state index in [0.29, 0.717) is 24.5 Å². The van der Waals surface area contributed by atoms with Crippen molar-refractivity contribution in [3.63, 3.8) is 0 Å². The standard InChI is InChI=1S/C18H20BN3O7/c23-16-11(3-6-19(26)27)1-2-14(15(16)18(24)25)29-13-9-22(10-13)17(21-28)12-4-7-20-8-5-12/h1-2,4-5,7-8,13,23,26-28H,3,6,9-10H2,(H,24,25). The number of benzene rings is 1. The largest absolute Gasteiger partial charge is 0.507 e. The second kappa shape index (κ2) is 8.80. The van der Waals surface area contributed by atoms with E-state index in [4.69, 9.17) is 14.8 Å². The maximum Gasteiger partial charge on any atom is 0.451 e. The molecule has 1 aromatic carbocycles. The van der Waals surface area contributed by atoms with E-state index in [1.807, 2.05) is 0 Å². The molecule has 29 heavy (non-hydrogen) atoms. The lowest BCUT2D eigenvalue weighted by molar-refractivity contribution is 0.0587. The average molecular weight is 401 g/mol. The molecule has 1 aliphatic rings. The molecule has 0 radical (unpaired) electrons.